The number of furan rings is 1. The molecule has 1 aliphatic heterocycles. The van der Waals surface area contributed by atoms with Crippen LogP contribution >= 0.6 is 0 Å². The Hall–Kier alpha value is -0.840. The zero-order valence-corrected chi connectivity index (χ0v) is 10.0. The SMILES string of the molecule is Cc1oc(CN)cc1CN1CCOC(C)C1. The minimum Gasteiger partial charge on any atom is -0.465 e. The molecule has 1 aliphatic rings. The molecular weight excluding hydrogens is 204 g/mol. The molecular formula is C12H20N2O2. The molecule has 4 heteroatoms. The fourth-order valence-electron chi connectivity index (χ4n) is 2.12. The highest BCUT2D eigenvalue weighted by Gasteiger charge is 2.18. The van der Waals surface area contributed by atoms with Gasteiger partial charge >= 0.3 is 0 Å². The number of hydrogen-bond donors (Lipinski definition) is 1. The van der Waals surface area contributed by atoms with Gasteiger partial charge in [0.1, 0.15) is 11.5 Å². The summed E-state index contributed by atoms with van der Waals surface area (Å²) in [5, 5.41) is 0. The monoisotopic (exact) mass is 224 g/mol. The molecule has 0 aliphatic carbocycles. The Balaban J connectivity index is 1.99. The predicted molar refractivity (Wildman–Crippen MR) is 62.0 cm³/mol. The molecule has 0 bridgehead atoms. The third-order valence-corrected chi connectivity index (χ3v) is 2.99. The summed E-state index contributed by atoms with van der Waals surface area (Å²) >= 11 is 0. The van der Waals surface area contributed by atoms with Gasteiger partial charge < -0.3 is 14.9 Å². The van der Waals surface area contributed by atoms with Gasteiger partial charge in [0.2, 0.25) is 0 Å². The van der Waals surface area contributed by atoms with Gasteiger partial charge in [-0.25, -0.2) is 0 Å². The fraction of sp³-hybridized carbons (Fsp3) is 0.667. The number of aryl methyl sites for hydroxylation is 1. The predicted octanol–water partition coefficient (Wildman–Crippen LogP) is 1.27. The molecule has 90 valence electrons. The molecule has 2 rings (SSSR count). The minimum absolute atomic E-state index is 0.329. The van der Waals surface area contributed by atoms with Gasteiger partial charge in [-0.1, -0.05) is 0 Å². The van der Waals surface area contributed by atoms with Crippen molar-refractivity contribution in [1.29, 1.82) is 0 Å². The van der Waals surface area contributed by atoms with Gasteiger partial charge in [0.05, 0.1) is 19.3 Å². The second-order valence-corrected chi connectivity index (χ2v) is 4.41. The maximum absolute atomic E-state index is 5.56. The highest BCUT2D eigenvalue weighted by atomic mass is 16.5. The van der Waals surface area contributed by atoms with Crippen molar-refractivity contribution in [3.05, 3.63) is 23.2 Å². The first-order valence-electron chi connectivity index (χ1n) is 5.81. The third-order valence-electron chi connectivity index (χ3n) is 2.99. The summed E-state index contributed by atoms with van der Waals surface area (Å²) in [7, 11) is 0. The summed E-state index contributed by atoms with van der Waals surface area (Å²) in [5.41, 5.74) is 6.80. The summed E-state index contributed by atoms with van der Waals surface area (Å²) in [6.45, 7) is 8.32. The van der Waals surface area contributed by atoms with Gasteiger partial charge in [-0.2, -0.15) is 0 Å². The molecule has 4 nitrogen and oxygen atoms in total. The molecule has 1 fully saturated rings. The van der Waals surface area contributed by atoms with E-state index in [0.29, 0.717) is 12.6 Å². The van der Waals surface area contributed by atoms with Crippen LogP contribution in [0.2, 0.25) is 0 Å². The smallest absolute Gasteiger partial charge is 0.118 e. The molecule has 1 unspecified atom stereocenters. The lowest BCUT2D eigenvalue weighted by Crippen LogP contribution is -2.40. The van der Waals surface area contributed by atoms with Crippen molar-refractivity contribution in [3.8, 4) is 0 Å². The molecule has 1 aromatic heterocycles. The Morgan fingerprint density at radius 2 is 2.38 bits per heavy atom. The topological polar surface area (TPSA) is 51.6 Å². The summed E-state index contributed by atoms with van der Waals surface area (Å²) in [6.07, 6.45) is 0.329. The molecule has 0 amide bonds. The standard InChI is InChI=1S/C12H20N2O2/c1-9-7-14(3-4-15-9)8-11-5-12(6-13)16-10(11)2/h5,9H,3-4,6-8,13H2,1-2H3. The van der Waals surface area contributed by atoms with Gasteiger partial charge in [-0.15, -0.1) is 0 Å². The second-order valence-electron chi connectivity index (χ2n) is 4.41. The van der Waals surface area contributed by atoms with Crippen LogP contribution in [0.15, 0.2) is 10.5 Å². The Kier molecular flexibility index (Phi) is 3.63. The van der Waals surface area contributed by atoms with E-state index in [2.05, 4.69) is 17.9 Å². The lowest BCUT2D eigenvalue weighted by molar-refractivity contribution is -0.0213. The van der Waals surface area contributed by atoms with Crippen molar-refractivity contribution in [2.45, 2.75) is 33.0 Å². The van der Waals surface area contributed by atoms with Crippen LogP contribution < -0.4 is 5.73 Å². The fourth-order valence-corrected chi connectivity index (χ4v) is 2.12. The number of nitrogens with two attached hydrogens (primary N) is 1. The van der Waals surface area contributed by atoms with Crippen molar-refractivity contribution in [1.82, 2.24) is 4.90 Å². The van der Waals surface area contributed by atoms with Gasteiger partial charge in [0, 0.05) is 25.2 Å². The Morgan fingerprint density at radius 1 is 1.56 bits per heavy atom. The van der Waals surface area contributed by atoms with Crippen molar-refractivity contribution in [2.24, 2.45) is 5.73 Å². The summed E-state index contributed by atoms with van der Waals surface area (Å²) in [5.74, 6) is 1.86. The Labute approximate surface area is 96.4 Å². The largest absolute Gasteiger partial charge is 0.465 e. The van der Waals surface area contributed by atoms with Crippen LogP contribution in [0.3, 0.4) is 0 Å². The molecule has 0 saturated carbocycles. The quantitative estimate of drug-likeness (QED) is 0.840. The molecule has 2 N–H and O–H groups in total. The molecule has 1 aromatic rings. The first kappa shape index (κ1) is 11.6. The van der Waals surface area contributed by atoms with Gasteiger partial charge in [0.25, 0.3) is 0 Å². The molecule has 0 aromatic carbocycles. The van der Waals surface area contributed by atoms with Crippen LogP contribution in [0.25, 0.3) is 0 Å². The van der Waals surface area contributed by atoms with Crippen molar-refractivity contribution < 1.29 is 9.15 Å². The average molecular weight is 224 g/mol. The molecule has 1 saturated heterocycles. The molecule has 16 heavy (non-hydrogen) atoms. The number of ether oxygens (including phenoxy) is 1. The minimum atomic E-state index is 0.329. The number of nitrogens with zero attached hydrogens (tertiary/aromatic N) is 1. The summed E-state index contributed by atoms with van der Waals surface area (Å²) < 4.78 is 11.1. The highest BCUT2D eigenvalue weighted by Crippen LogP contribution is 2.17. The zero-order valence-electron chi connectivity index (χ0n) is 10.0. The van der Waals surface area contributed by atoms with Crippen LogP contribution in [0.1, 0.15) is 24.0 Å². The highest BCUT2D eigenvalue weighted by molar-refractivity contribution is 5.20. The molecule has 2 heterocycles. The first-order valence-corrected chi connectivity index (χ1v) is 5.81. The maximum atomic E-state index is 5.56. The van der Waals surface area contributed by atoms with Crippen LogP contribution in [-0.2, 0) is 17.8 Å². The molecule has 0 spiro atoms. The van der Waals surface area contributed by atoms with Crippen molar-refractivity contribution >= 4 is 0 Å². The van der Waals surface area contributed by atoms with Crippen LogP contribution in [-0.4, -0.2) is 30.7 Å². The second kappa shape index (κ2) is 4.99. The Morgan fingerprint density at radius 3 is 3.00 bits per heavy atom. The van der Waals surface area contributed by atoms with Crippen LogP contribution in [0.4, 0.5) is 0 Å². The normalized spacial score (nSPS) is 22.6. The van der Waals surface area contributed by atoms with E-state index < -0.39 is 0 Å². The zero-order chi connectivity index (χ0) is 11.5. The summed E-state index contributed by atoms with van der Waals surface area (Å²) in [4.78, 5) is 2.40. The molecule has 1 atom stereocenters. The maximum Gasteiger partial charge on any atom is 0.118 e. The summed E-state index contributed by atoms with van der Waals surface area (Å²) in [6, 6.07) is 2.06. The number of morpholine rings is 1. The number of hydrogen-bond acceptors (Lipinski definition) is 4. The van der Waals surface area contributed by atoms with Crippen molar-refractivity contribution in [2.75, 3.05) is 19.7 Å². The van der Waals surface area contributed by atoms with E-state index >= 15 is 0 Å². The average Bonchev–Trinajstić information content (AvgIpc) is 2.60. The van der Waals surface area contributed by atoms with Gasteiger partial charge in [-0.05, 0) is 19.9 Å². The van der Waals surface area contributed by atoms with E-state index in [-0.39, 0.29) is 0 Å². The van der Waals surface area contributed by atoms with Crippen molar-refractivity contribution in [3.63, 3.8) is 0 Å². The lowest BCUT2D eigenvalue weighted by atomic mass is 10.2. The molecule has 0 radical (unpaired) electrons. The first-order chi connectivity index (χ1) is 7.69. The third kappa shape index (κ3) is 2.64. The van der Waals surface area contributed by atoms with Gasteiger partial charge in [-0.3, -0.25) is 4.90 Å². The van der Waals surface area contributed by atoms with Gasteiger partial charge in [0.15, 0.2) is 0 Å². The van der Waals surface area contributed by atoms with E-state index in [1.54, 1.807) is 0 Å². The lowest BCUT2D eigenvalue weighted by Gasteiger charge is -2.30. The van der Waals surface area contributed by atoms with E-state index in [9.17, 15) is 0 Å². The number of rotatable bonds is 3. The van der Waals surface area contributed by atoms with Crippen LogP contribution in [0, 0.1) is 6.92 Å². The van der Waals surface area contributed by atoms with E-state index in [4.69, 9.17) is 14.9 Å². The van der Waals surface area contributed by atoms with E-state index in [1.807, 2.05) is 6.92 Å². The van der Waals surface area contributed by atoms with Crippen LogP contribution in [0.5, 0.6) is 0 Å². The van der Waals surface area contributed by atoms with E-state index in [1.165, 1.54) is 5.56 Å². The van der Waals surface area contributed by atoms with E-state index in [0.717, 1.165) is 37.8 Å². The Bertz CT molecular complexity index is 349.